The second kappa shape index (κ2) is 7.47. The SMILES string of the molecule is CCC(CCO)NCC(O)c1ccc2c(c1)OCCO2. The molecule has 112 valence electrons. The maximum absolute atomic E-state index is 10.2. The predicted molar refractivity (Wildman–Crippen MR) is 76.2 cm³/mol. The lowest BCUT2D eigenvalue weighted by Crippen LogP contribution is -2.33. The first-order valence-corrected chi connectivity index (χ1v) is 7.16. The van der Waals surface area contributed by atoms with E-state index in [4.69, 9.17) is 14.6 Å². The molecule has 0 spiro atoms. The molecule has 5 nitrogen and oxygen atoms in total. The highest BCUT2D eigenvalue weighted by molar-refractivity contribution is 5.44. The Bertz CT molecular complexity index is 424. The standard InChI is InChI=1S/C15H23NO4/c1-2-12(5-6-17)16-10-13(18)11-3-4-14-15(9-11)20-8-7-19-14/h3-4,9,12-13,16-18H,2,5-8,10H2,1H3. The molecule has 1 aromatic rings. The number of fused-ring (bicyclic) bond motifs is 1. The molecule has 5 heteroatoms. The van der Waals surface area contributed by atoms with Crippen LogP contribution in [0.25, 0.3) is 0 Å². The number of hydrogen-bond acceptors (Lipinski definition) is 5. The summed E-state index contributed by atoms with van der Waals surface area (Å²) < 4.78 is 11.0. The summed E-state index contributed by atoms with van der Waals surface area (Å²) in [6.45, 7) is 3.78. The van der Waals surface area contributed by atoms with Crippen LogP contribution in [0.4, 0.5) is 0 Å². The Morgan fingerprint density at radius 2 is 2.00 bits per heavy atom. The average molecular weight is 281 g/mol. The third-order valence-electron chi connectivity index (χ3n) is 3.52. The van der Waals surface area contributed by atoms with Crippen LogP contribution < -0.4 is 14.8 Å². The van der Waals surface area contributed by atoms with Crippen LogP contribution in [0.1, 0.15) is 31.4 Å². The van der Waals surface area contributed by atoms with E-state index < -0.39 is 6.10 Å². The molecular formula is C15H23NO4. The molecule has 0 amide bonds. The zero-order chi connectivity index (χ0) is 14.4. The third-order valence-corrected chi connectivity index (χ3v) is 3.52. The molecule has 0 saturated heterocycles. The normalized spacial score (nSPS) is 16.8. The van der Waals surface area contributed by atoms with Gasteiger partial charge in [-0.1, -0.05) is 13.0 Å². The van der Waals surface area contributed by atoms with Crippen LogP contribution >= 0.6 is 0 Å². The average Bonchev–Trinajstić information content (AvgIpc) is 2.50. The van der Waals surface area contributed by atoms with Crippen LogP contribution in [0.5, 0.6) is 11.5 Å². The van der Waals surface area contributed by atoms with Crippen LogP contribution in [0.2, 0.25) is 0 Å². The third kappa shape index (κ3) is 3.85. The minimum atomic E-state index is -0.599. The molecule has 3 N–H and O–H groups in total. The van der Waals surface area contributed by atoms with Crippen LogP contribution in [0, 0.1) is 0 Å². The Labute approximate surface area is 119 Å². The Kier molecular flexibility index (Phi) is 5.64. The van der Waals surface area contributed by atoms with Crippen molar-refractivity contribution in [2.75, 3.05) is 26.4 Å². The molecule has 1 heterocycles. The summed E-state index contributed by atoms with van der Waals surface area (Å²) in [4.78, 5) is 0. The van der Waals surface area contributed by atoms with Crippen molar-refractivity contribution in [3.8, 4) is 11.5 Å². The number of ether oxygens (including phenoxy) is 2. The number of benzene rings is 1. The number of nitrogens with one attached hydrogen (secondary N) is 1. The molecule has 0 radical (unpaired) electrons. The van der Waals surface area contributed by atoms with E-state index in [0.29, 0.717) is 31.9 Å². The molecule has 1 aliphatic rings. The van der Waals surface area contributed by atoms with E-state index in [0.717, 1.165) is 17.7 Å². The van der Waals surface area contributed by atoms with Gasteiger partial charge in [-0.3, -0.25) is 0 Å². The summed E-state index contributed by atoms with van der Waals surface area (Å²) in [7, 11) is 0. The topological polar surface area (TPSA) is 71.0 Å². The fourth-order valence-electron chi connectivity index (χ4n) is 2.27. The van der Waals surface area contributed by atoms with E-state index in [1.165, 1.54) is 0 Å². The summed E-state index contributed by atoms with van der Waals surface area (Å²) >= 11 is 0. The van der Waals surface area contributed by atoms with Crippen LogP contribution in [-0.4, -0.2) is 42.6 Å². The molecule has 0 aromatic heterocycles. The second-order valence-electron chi connectivity index (χ2n) is 4.94. The number of aliphatic hydroxyl groups is 2. The smallest absolute Gasteiger partial charge is 0.161 e. The molecular weight excluding hydrogens is 258 g/mol. The molecule has 1 aromatic carbocycles. The Hall–Kier alpha value is -1.30. The molecule has 2 atom stereocenters. The first kappa shape index (κ1) is 15.1. The summed E-state index contributed by atoms with van der Waals surface area (Å²) in [5.41, 5.74) is 0.806. The van der Waals surface area contributed by atoms with Gasteiger partial charge in [0.05, 0.1) is 6.10 Å². The van der Waals surface area contributed by atoms with Gasteiger partial charge in [0.1, 0.15) is 13.2 Å². The molecule has 20 heavy (non-hydrogen) atoms. The number of rotatable bonds is 7. The largest absolute Gasteiger partial charge is 0.486 e. The predicted octanol–water partition coefficient (Wildman–Crippen LogP) is 1.24. The van der Waals surface area contributed by atoms with Crippen molar-refractivity contribution < 1.29 is 19.7 Å². The minimum Gasteiger partial charge on any atom is -0.486 e. The molecule has 0 fully saturated rings. The Balaban J connectivity index is 1.93. The highest BCUT2D eigenvalue weighted by Gasteiger charge is 2.16. The lowest BCUT2D eigenvalue weighted by atomic mass is 10.1. The van der Waals surface area contributed by atoms with Crippen molar-refractivity contribution in [3.63, 3.8) is 0 Å². The fourth-order valence-corrected chi connectivity index (χ4v) is 2.27. The lowest BCUT2D eigenvalue weighted by Gasteiger charge is -2.22. The van der Waals surface area contributed by atoms with Gasteiger partial charge in [0.25, 0.3) is 0 Å². The zero-order valence-corrected chi connectivity index (χ0v) is 11.8. The monoisotopic (exact) mass is 281 g/mol. The highest BCUT2D eigenvalue weighted by Crippen LogP contribution is 2.32. The van der Waals surface area contributed by atoms with Gasteiger partial charge in [-0.2, -0.15) is 0 Å². The first-order valence-electron chi connectivity index (χ1n) is 7.16. The van der Waals surface area contributed by atoms with Crippen molar-refractivity contribution in [1.29, 1.82) is 0 Å². The molecule has 2 unspecified atom stereocenters. The Morgan fingerprint density at radius 1 is 1.25 bits per heavy atom. The highest BCUT2D eigenvalue weighted by atomic mass is 16.6. The molecule has 0 saturated carbocycles. The van der Waals surface area contributed by atoms with Gasteiger partial charge >= 0.3 is 0 Å². The molecule has 1 aliphatic heterocycles. The van der Waals surface area contributed by atoms with Gasteiger partial charge in [0.15, 0.2) is 11.5 Å². The van der Waals surface area contributed by atoms with E-state index in [2.05, 4.69) is 12.2 Å². The van der Waals surface area contributed by atoms with Crippen LogP contribution in [0.15, 0.2) is 18.2 Å². The summed E-state index contributed by atoms with van der Waals surface area (Å²) in [5, 5.41) is 22.4. The maximum atomic E-state index is 10.2. The van der Waals surface area contributed by atoms with E-state index in [-0.39, 0.29) is 12.6 Å². The van der Waals surface area contributed by atoms with E-state index in [1.807, 2.05) is 18.2 Å². The van der Waals surface area contributed by atoms with Crippen molar-refractivity contribution >= 4 is 0 Å². The van der Waals surface area contributed by atoms with E-state index in [1.54, 1.807) is 0 Å². The van der Waals surface area contributed by atoms with Gasteiger partial charge in [-0.15, -0.1) is 0 Å². The molecule has 2 rings (SSSR count). The van der Waals surface area contributed by atoms with Gasteiger partial charge in [-0.05, 0) is 30.5 Å². The lowest BCUT2D eigenvalue weighted by molar-refractivity contribution is 0.158. The quantitative estimate of drug-likeness (QED) is 0.701. The number of aliphatic hydroxyl groups excluding tert-OH is 2. The number of hydrogen-bond donors (Lipinski definition) is 3. The van der Waals surface area contributed by atoms with Gasteiger partial charge < -0.3 is 25.0 Å². The van der Waals surface area contributed by atoms with Crippen molar-refractivity contribution in [3.05, 3.63) is 23.8 Å². The first-order chi connectivity index (χ1) is 9.74. The molecule has 0 bridgehead atoms. The summed E-state index contributed by atoms with van der Waals surface area (Å²) in [6.07, 6.45) is 1.03. The van der Waals surface area contributed by atoms with Gasteiger partial charge in [0, 0.05) is 19.2 Å². The summed E-state index contributed by atoms with van der Waals surface area (Å²) in [6, 6.07) is 5.74. The fraction of sp³-hybridized carbons (Fsp3) is 0.600. The van der Waals surface area contributed by atoms with Crippen molar-refractivity contribution in [2.24, 2.45) is 0 Å². The Morgan fingerprint density at radius 3 is 2.70 bits per heavy atom. The maximum Gasteiger partial charge on any atom is 0.161 e. The summed E-state index contributed by atoms with van der Waals surface area (Å²) in [5.74, 6) is 1.42. The van der Waals surface area contributed by atoms with Gasteiger partial charge in [0.2, 0.25) is 0 Å². The van der Waals surface area contributed by atoms with Crippen molar-refractivity contribution in [1.82, 2.24) is 5.32 Å². The molecule has 0 aliphatic carbocycles. The van der Waals surface area contributed by atoms with Crippen molar-refractivity contribution in [2.45, 2.75) is 31.9 Å². The zero-order valence-electron chi connectivity index (χ0n) is 11.8. The van der Waals surface area contributed by atoms with Gasteiger partial charge in [-0.25, -0.2) is 0 Å². The van der Waals surface area contributed by atoms with E-state index in [9.17, 15) is 5.11 Å². The van der Waals surface area contributed by atoms with Crippen LogP contribution in [-0.2, 0) is 0 Å². The van der Waals surface area contributed by atoms with Crippen LogP contribution in [0.3, 0.4) is 0 Å². The van der Waals surface area contributed by atoms with E-state index >= 15 is 0 Å². The minimum absolute atomic E-state index is 0.158. The second-order valence-corrected chi connectivity index (χ2v) is 4.94.